The Labute approximate surface area is 76.7 Å². The molecule has 0 unspecified atom stereocenters. The Bertz CT molecular complexity index is 315. The van der Waals surface area contributed by atoms with E-state index < -0.39 is 5.24 Å². The molecule has 1 aromatic rings. The van der Waals surface area contributed by atoms with Crippen molar-refractivity contribution < 1.29 is 4.79 Å². The fourth-order valence-electron chi connectivity index (χ4n) is 0.957. The Morgan fingerprint density at radius 1 is 1.50 bits per heavy atom. The van der Waals surface area contributed by atoms with Gasteiger partial charge in [-0.1, -0.05) is 30.4 Å². The first-order chi connectivity index (χ1) is 5.74. The van der Waals surface area contributed by atoms with Gasteiger partial charge in [-0.15, -0.1) is 0 Å². The molecule has 12 heavy (non-hydrogen) atoms. The summed E-state index contributed by atoms with van der Waals surface area (Å²) >= 11 is 5.31. The normalized spacial score (nSPS) is 10.5. The summed E-state index contributed by atoms with van der Waals surface area (Å²) in [5.41, 5.74) is 1.52. The Morgan fingerprint density at radius 3 is 2.83 bits per heavy atom. The lowest BCUT2D eigenvalue weighted by Gasteiger charge is -1.95. The second kappa shape index (κ2) is 4.07. The number of benzene rings is 1. The van der Waals surface area contributed by atoms with Crippen molar-refractivity contribution in [2.45, 2.75) is 6.92 Å². The van der Waals surface area contributed by atoms with E-state index in [1.54, 1.807) is 12.1 Å². The van der Waals surface area contributed by atoms with E-state index in [-0.39, 0.29) is 0 Å². The molecule has 1 rings (SSSR count). The van der Waals surface area contributed by atoms with Gasteiger partial charge < -0.3 is 0 Å². The SMILES string of the molecule is C/C=C/c1cccc(C(=O)Cl)c1. The lowest BCUT2D eigenvalue weighted by Crippen LogP contribution is -1.87. The van der Waals surface area contributed by atoms with Gasteiger partial charge in [0.05, 0.1) is 0 Å². The van der Waals surface area contributed by atoms with Gasteiger partial charge in [0.15, 0.2) is 0 Å². The van der Waals surface area contributed by atoms with Gasteiger partial charge in [0.2, 0.25) is 0 Å². The van der Waals surface area contributed by atoms with Crippen LogP contribution in [0.3, 0.4) is 0 Å². The maximum absolute atomic E-state index is 10.7. The van der Waals surface area contributed by atoms with Crippen molar-refractivity contribution in [2.24, 2.45) is 0 Å². The first-order valence-electron chi connectivity index (χ1n) is 3.66. The van der Waals surface area contributed by atoms with Gasteiger partial charge in [-0.05, 0) is 30.2 Å². The van der Waals surface area contributed by atoms with E-state index in [4.69, 9.17) is 11.6 Å². The molecule has 0 bridgehead atoms. The van der Waals surface area contributed by atoms with Gasteiger partial charge in [-0.3, -0.25) is 4.79 Å². The third kappa shape index (κ3) is 2.21. The molecule has 0 amide bonds. The standard InChI is InChI=1S/C10H9ClO/c1-2-4-8-5-3-6-9(7-8)10(11)12/h2-7H,1H3/b4-2+. The predicted octanol–water partition coefficient (Wildman–Crippen LogP) is 3.10. The molecule has 0 saturated carbocycles. The molecule has 0 aliphatic heterocycles. The molecular weight excluding hydrogens is 172 g/mol. The summed E-state index contributed by atoms with van der Waals surface area (Å²) in [4.78, 5) is 10.7. The summed E-state index contributed by atoms with van der Waals surface area (Å²) in [6, 6.07) is 7.19. The Morgan fingerprint density at radius 2 is 2.25 bits per heavy atom. The molecule has 0 spiro atoms. The van der Waals surface area contributed by atoms with Crippen LogP contribution in [0.25, 0.3) is 6.08 Å². The smallest absolute Gasteiger partial charge is 0.252 e. The van der Waals surface area contributed by atoms with Crippen molar-refractivity contribution in [2.75, 3.05) is 0 Å². The third-order valence-electron chi connectivity index (χ3n) is 1.47. The monoisotopic (exact) mass is 180 g/mol. The van der Waals surface area contributed by atoms with Crippen LogP contribution in [0, 0.1) is 0 Å². The second-order valence-corrected chi connectivity index (χ2v) is 2.74. The average Bonchev–Trinajstić information content (AvgIpc) is 2.05. The predicted molar refractivity (Wildman–Crippen MR) is 51.3 cm³/mol. The molecule has 0 atom stereocenters. The van der Waals surface area contributed by atoms with Crippen LogP contribution in [-0.4, -0.2) is 5.24 Å². The van der Waals surface area contributed by atoms with Crippen LogP contribution in [0.2, 0.25) is 0 Å². The fraction of sp³-hybridized carbons (Fsp3) is 0.100. The maximum Gasteiger partial charge on any atom is 0.252 e. The van der Waals surface area contributed by atoms with Crippen LogP contribution in [0.5, 0.6) is 0 Å². The molecule has 0 fully saturated rings. The number of carbonyl (C=O) groups excluding carboxylic acids is 1. The number of hydrogen-bond acceptors (Lipinski definition) is 1. The van der Waals surface area contributed by atoms with Crippen molar-refractivity contribution in [3.8, 4) is 0 Å². The van der Waals surface area contributed by atoms with Crippen LogP contribution in [0.4, 0.5) is 0 Å². The minimum Gasteiger partial charge on any atom is -0.276 e. The number of allylic oxidation sites excluding steroid dienone is 1. The van der Waals surface area contributed by atoms with Crippen LogP contribution < -0.4 is 0 Å². The van der Waals surface area contributed by atoms with Gasteiger partial charge in [0, 0.05) is 5.56 Å². The molecule has 0 saturated heterocycles. The zero-order valence-electron chi connectivity index (χ0n) is 6.75. The molecule has 0 radical (unpaired) electrons. The first kappa shape index (κ1) is 9.01. The third-order valence-corrected chi connectivity index (χ3v) is 1.69. The minimum absolute atomic E-state index is 0.415. The molecule has 0 N–H and O–H groups in total. The van der Waals surface area contributed by atoms with Crippen molar-refractivity contribution in [3.05, 3.63) is 41.5 Å². The highest BCUT2D eigenvalue weighted by molar-refractivity contribution is 6.67. The van der Waals surface area contributed by atoms with Gasteiger partial charge >= 0.3 is 0 Å². The Balaban J connectivity index is 3.03. The second-order valence-electron chi connectivity index (χ2n) is 2.40. The highest BCUT2D eigenvalue weighted by atomic mass is 35.5. The van der Waals surface area contributed by atoms with E-state index in [9.17, 15) is 4.79 Å². The molecule has 0 aromatic heterocycles. The highest BCUT2D eigenvalue weighted by Gasteiger charge is 1.99. The Hall–Kier alpha value is -1.08. The van der Waals surface area contributed by atoms with Gasteiger partial charge in [-0.2, -0.15) is 0 Å². The van der Waals surface area contributed by atoms with Crippen molar-refractivity contribution in [3.63, 3.8) is 0 Å². The van der Waals surface area contributed by atoms with E-state index in [0.29, 0.717) is 5.56 Å². The van der Waals surface area contributed by atoms with Gasteiger partial charge in [0.25, 0.3) is 5.24 Å². The maximum atomic E-state index is 10.7. The van der Waals surface area contributed by atoms with E-state index >= 15 is 0 Å². The highest BCUT2D eigenvalue weighted by Crippen LogP contribution is 2.09. The number of rotatable bonds is 2. The lowest BCUT2D eigenvalue weighted by atomic mass is 10.1. The van der Waals surface area contributed by atoms with Gasteiger partial charge in [0.1, 0.15) is 0 Å². The molecule has 0 aliphatic carbocycles. The largest absolute Gasteiger partial charge is 0.276 e. The van der Waals surface area contributed by atoms with E-state index in [1.807, 2.05) is 31.2 Å². The molecule has 2 heteroatoms. The molecular formula is C10H9ClO. The van der Waals surface area contributed by atoms with E-state index in [0.717, 1.165) is 5.56 Å². The average molecular weight is 181 g/mol. The van der Waals surface area contributed by atoms with Gasteiger partial charge in [-0.25, -0.2) is 0 Å². The van der Waals surface area contributed by atoms with Crippen molar-refractivity contribution in [1.29, 1.82) is 0 Å². The summed E-state index contributed by atoms with van der Waals surface area (Å²) in [6.45, 7) is 1.93. The quantitative estimate of drug-likeness (QED) is 0.640. The van der Waals surface area contributed by atoms with Crippen molar-refractivity contribution in [1.82, 2.24) is 0 Å². The van der Waals surface area contributed by atoms with E-state index in [1.165, 1.54) is 0 Å². The minimum atomic E-state index is -0.415. The first-order valence-corrected chi connectivity index (χ1v) is 4.04. The zero-order valence-corrected chi connectivity index (χ0v) is 7.51. The summed E-state index contributed by atoms with van der Waals surface area (Å²) in [7, 11) is 0. The molecule has 1 aromatic carbocycles. The van der Waals surface area contributed by atoms with Crippen LogP contribution in [0.15, 0.2) is 30.3 Å². The van der Waals surface area contributed by atoms with Crippen molar-refractivity contribution >= 4 is 22.9 Å². The molecule has 1 nitrogen and oxygen atoms in total. The summed E-state index contributed by atoms with van der Waals surface area (Å²) < 4.78 is 0. The zero-order chi connectivity index (χ0) is 8.97. The topological polar surface area (TPSA) is 17.1 Å². The fourth-order valence-corrected chi connectivity index (χ4v) is 1.07. The number of carbonyl (C=O) groups is 1. The van der Waals surface area contributed by atoms with Crippen LogP contribution in [-0.2, 0) is 0 Å². The molecule has 0 aliphatic rings. The summed E-state index contributed by atoms with van der Waals surface area (Å²) in [5, 5.41) is -0.415. The summed E-state index contributed by atoms with van der Waals surface area (Å²) in [5.74, 6) is 0. The number of hydrogen-bond donors (Lipinski definition) is 0. The van der Waals surface area contributed by atoms with Crippen LogP contribution in [0.1, 0.15) is 22.8 Å². The Kier molecular flexibility index (Phi) is 3.06. The number of halogens is 1. The molecule has 0 heterocycles. The lowest BCUT2D eigenvalue weighted by molar-refractivity contribution is 0.108. The van der Waals surface area contributed by atoms with E-state index in [2.05, 4.69) is 0 Å². The summed E-state index contributed by atoms with van der Waals surface area (Å²) in [6.07, 6.45) is 3.83. The molecule has 62 valence electrons. The van der Waals surface area contributed by atoms with Crippen LogP contribution >= 0.6 is 11.6 Å².